The van der Waals surface area contributed by atoms with Crippen molar-refractivity contribution in [1.29, 1.82) is 0 Å². The van der Waals surface area contributed by atoms with Crippen molar-refractivity contribution >= 4 is 41.5 Å². The third-order valence-electron chi connectivity index (χ3n) is 3.49. The van der Waals surface area contributed by atoms with Gasteiger partial charge in [0, 0.05) is 12.5 Å². The van der Waals surface area contributed by atoms with Crippen LogP contribution in [0.5, 0.6) is 0 Å². The summed E-state index contributed by atoms with van der Waals surface area (Å²) in [7, 11) is -7.51. The molecule has 1 heterocycles. The van der Waals surface area contributed by atoms with Gasteiger partial charge in [0.05, 0.1) is 31.8 Å². The van der Waals surface area contributed by atoms with E-state index in [4.69, 9.17) is 0 Å². The van der Waals surface area contributed by atoms with Crippen molar-refractivity contribution in [3.05, 3.63) is 65.4 Å². The van der Waals surface area contributed by atoms with Crippen LogP contribution in [0.15, 0.2) is 75.2 Å². The summed E-state index contributed by atoms with van der Waals surface area (Å²) in [6.45, 7) is 0. The predicted octanol–water partition coefficient (Wildman–Crippen LogP) is 2.84. The molecule has 1 N–H and O–H groups in total. The molecule has 26 heavy (non-hydrogen) atoms. The number of hydrogen-bond donors (Lipinski definition) is 1. The van der Waals surface area contributed by atoms with Crippen LogP contribution in [0.4, 0.5) is 5.69 Å². The fraction of sp³-hybridized carbons (Fsp3) is 0.0625. The molecule has 2 aromatic carbocycles. The molecule has 0 radical (unpaired) electrons. The number of rotatable bonds is 5. The molecule has 3 rings (SSSR count). The molecule has 7 nitrogen and oxygen atoms in total. The van der Waals surface area contributed by atoms with Crippen molar-refractivity contribution in [2.75, 3.05) is 11.0 Å². The highest BCUT2D eigenvalue weighted by molar-refractivity contribution is 9.10. The maximum Gasteiger partial charge on any atom is 0.262 e. The molecule has 0 amide bonds. The first-order valence-corrected chi connectivity index (χ1v) is 11.5. The van der Waals surface area contributed by atoms with E-state index in [0.29, 0.717) is 11.4 Å². The highest BCUT2D eigenvalue weighted by Crippen LogP contribution is 2.25. The Hall–Kier alpha value is -2.17. The number of halogens is 1. The van der Waals surface area contributed by atoms with E-state index in [-0.39, 0.29) is 9.79 Å². The first-order valence-electron chi connectivity index (χ1n) is 7.29. The highest BCUT2D eigenvalue weighted by Gasteiger charge is 2.19. The van der Waals surface area contributed by atoms with Crippen LogP contribution in [0.1, 0.15) is 0 Å². The van der Waals surface area contributed by atoms with Crippen LogP contribution in [0.25, 0.3) is 5.69 Å². The average Bonchev–Trinajstić information content (AvgIpc) is 3.01. The molecule has 0 unspecified atom stereocenters. The zero-order valence-electron chi connectivity index (χ0n) is 13.5. The minimum absolute atomic E-state index is 0.0651. The summed E-state index contributed by atoms with van der Waals surface area (Å²) < 4.78 is 53.6. The number of sulfone groups is 1. The minimum Gasteiger partial charge on any atom is -0.277 e. The van der Waals surface area contributed by atoms with Crippen LogP contribution in [0, 0.1) is 0 Å². The van der Waals surface area contributed by atoms with Crippen molar-refractivity contribution in [1.82, 2.24) is 9.78 Å². The van der Waals surface area contributed by atoms with Gasteiger partial charge < -0.3 is 0 Å². The quantitative estimate of drug-likeness (QED) is 0.637. The maximum atomic E-state index is 12.7. The second-order valence-corrected chi connectivity index (χ2v) is 10.1. The molecule has 0 atom stereocenters. The summed E-state index contributed by atoms with van der Waals surface area (Å²) in [6, 6.07) is 12.0. The Bertz CT molecular complexity index is 1170. The lowest BCUT2D eigenvalue weighted by molar-refractivity contribution is 0.599. The lowest BCUT2D eigenvalue weighted by Crippen LogP contribution is -2.15. The predicted molar refractivity (Wildman–Crippen MR) is 102 cm³/mol. The smallest absolute Gasteiger partial charge is 0.262 e. The number of nitrogens with zero attached hydrogens (tertiary/aromatic N) is 2. The standard InChI is InChI=1S/C16H14BrN3O4S2/c1-25(21,22)13-5-4-6-14(9-13)26(23,24)19-15-7-2-3-8-16(15)20-11-12(17)10-18-20/h2-11,19H,1H3. The van der Waals surface area contributed by atoms with Crippen LogP contribution in [-0.4, -0.2) is 32.9 Å². The lowest BCUT2D eigenvalue weighted by Gasteiger charge is -2.13. The normalized spacial score (nSPS) is 12.1. The third-order valence-corrected chi connectivity index (χ3v) is 6.37. The largest absolute Gasteiger partial charge is 0.277 e. The Kier molecular flexibility index (Phi) is 4.91. The number of hydrogen-bond acceptors (Lipinski definition) is 5. The number of aromatic nitrogens is 2. The van der Waals surface area contributed by atoms with Gasteiger partial charge in [0.1, 0.15) is 0 Å². The van der Waals surface area contributed by atoms with E-state index in [2.05, 4.69) is 25.8 Å². The van der Waals surface area contributed by atoms with E-state index in [1.807, 2.05) is 0 Å². The summed E-state index contributed by atoms with van der Waals surface area (Å²) in [4.78, 5) is -0.207. The number of benzene rings is 2. The Morgan fingerprint density at radius 2 is 1.69 bits per heavy atom. The summed E-state index contributed by atoms with van der Waals surface area (Å²) in [5, 5.41) is 4.15. The SMILES string of the molecule is CS(=O)(=O)c1cccc(S(=O)(=O)Nc2ccccc2-n2cc(Br)cn2)c1. The van der Waals surface area contributed by atoms with Gasteiger partial charge in [-0.05, 0) is 46.3 Å². The van der Waals surface area contributed by atoms with Crippen molar-refractivity contribution in [3.8, 4) is 5.69 Å². The van der Waals surface area contributed by atoms with Gasteiger partial charge in [0.25, 0.3) is 10.0 Å². The Labute approximate surface area is 159 Å². The van der Waals surface area contributed by atoms with Gasteiger partial charge in [0.15, 0.2) is 9.84 Å². The topological polar surface area (TPSA) is 98.1 Å². The van der Waals surface area contributed by atoms with Gasteiger partial charge >= 0.3 is 0 Å². The van der Waals surface area contributed by atoms with Crippen molar-refractivity contribution in [2.45, 2.75) is 9.79 Å². The van der Waals surface area contributed by atoms with Crippen LogP contribution < -0.4 is 4.72 Å². The Balaban J connectivity index is 2.02. The van der Waals surface area contributed by atoms with Crippen molar-refractivity contribution in [2.24, 2.45) is 0 Å². The molecule has 3 aromatic rings. The average molecular weight is 456 g/mol. The van der Waals surface area contributed by atoms with Crippen LogP contribution >= 0.6 is 15.9 Å². The van der Waals surface area contributed by atoms with Gasteiger partial charge in [-0.3, -0.25) is 4.72 Å². The molecule has 0 bridgehead atoms. The number of anilines is 1. The van der Waals surface area contributed by atoms with Gasteiger partial charge in [-0.2, -0.15) is 5.10 Å². The molecular weight excluding hydrogens is 442 g/mol. The number of nitrogens with one attached hydrogen (secondary N) is 1. The molecule has 0 spiro atoms. The molecule has 136 valence electrons. The van der Waals surface area contributed by atoms with Gasteiger partial charge in [-0.25, -0.2) is 21.5 Å². The molecule has 0 saturated carbocycles. The summed E-state index contributed by atoms with van der Waals surface area (Å²) in [5.74, 6) is 0. The molecule has 10 heteroatoms. The Morgan fingerprint density at radius 3 is 2.35 bits per heavy atom. The maximum absolute atomic E-state index is 12.7. The van der Waals surface area contributed by atoms with Crippen molar-refractivity contribution in [3.63, 3.8) is 0 Å². The first-order chi connectivity index (χ1) is 12.2. The third kappa shape index (κ3) is 3.97. The molecule has 0 aliphatic heterocycles. The molecule has 0 aliphatic carbocycles. The molecule has 0 fully saturated rings. The van der Waals surface area contributed by atoms with Gasteiger partial charge in [-0.1, -0.05) is 18.2 Å². The van der Waals surface area contributed by atoms with E-state index < -0.39 is 19.9 Å². The fourth-order valence-electron chi connectivity index (χ4n) is 2.27. The number of para-hydroxylation sites is 2. The second kappa shape index (κ2) is 6.86. The van der Waals surface area contributed by atoms with Gasteiger partial charge in [0.2, 0.25) is 0 Å². The Morgan fingerprint density at radius 1 is 1.00 bits per heavy atom. The number of sulfonamides is 1. The van der Waals surface area contributed by atoms with E-state index in [0.717, 1.165) is 16.8 Å². The second-order valence-electron chi connectivity index (χ2n) is 5.47. The van der Waals surface area contributed by atoms with Gasteiger partial charge in [-0.15, -0.1) is 0 Å². The van der Waals surface area contributed by atoms with Crippen LogP contribution in [0.3, 0.4) is 0 Å². The zero-order valence-corrected chi connectivity index (χ0v) is 16.7. The summed E-state index contributed by atoms with van der Waals surface area (Å²) in [6.07, 6.45) is 4.30. The molecule has 1 aromatic heterocycles. The van der Waals surface area contributed by atoms with E-state index in [1.54, 1.807) is 36.7 Å². The minimum atomic E-state index is -3.99. The van der Waals surface area contributed by atoms with E-state index in [9.17, 15) is 16.8 Å². The summed E-state index contributed by atoms with van der Waals surface area (Å²) in [5.41, 5.74) is 0.842. The van der Waals surface area contributed by atoms with Crippen LogP contribution in [-0.2, 0) is 19.9 Å². The lowest BCUT2D eigenvalue weighted by atomic mass is 10.3. The van der Waals surface area contributed by atoms with Crippen molar-refractivity contribution < 1.29 is 16.8 Å². The molecule has 0 aliphatic rings. The van der Waals surface area contributed by atoms with Crippen LogP contribution in [0.2, 0.25) is 0 Å². The zero-order chi connectivity index (χ0) is 18.9. The summed E-state index contributed by atoms with van der Waals surface area (Å²) >= 11 is 3.30. The van der Waals surface area contributed by atoms with E-state index in [1.165, 1.54) is 22.9 Å². The molecule has 0 saturated heterocycles. The van der Waals surface area contributed by atoms with E-state index >= 15 is 0 Å². The first kappa shape index (κ1) is 18.6. The fourth-order valence-corrected chi connectivity index (χ4v) is 4.41. The molecular formula is C16H14BrN3O4S2. The highest BCUT2D eigenvalue weighted by atomic mass is 79.9. The monoisotopic (exact) mass is 455 g/mol.